The largest absolute Gasteiger partial charge is 0.497 e. The van der Waals surface area contributed by atoms with Crippen molar-refractivity contribution < 1.29 is 14.2 Å². The lowest BCUT2D eigenvalue weighted by Crippen LogP contribution is -2.30. The van der Waals surface area contributed by atoms with Gasteiger partial charge in [-0.1, -0.05) is 12.1 Å². The summed E-state index contributed by atoms with van der Waals surface area (Å²) in [5.41, 5.74) is 2.03. The number of benzene rings is 2. The lowest BCUT2D eigenvalue weighted by molar-refractivity contribution is 0.354. The van der Waals surface area contributed by atoms with Crippen molar-refractivity contribution in [2.75, 3.05) is 33.2 Å². The van der Waals surface area contributed by atoms with E-state index in [9.17, 15) is 0 Å². The number of hydrogen-bond donors (Lipinski definition) is 2. The number of hydrogen-bond acceptors (Lipinski definition) is 4. The van der Waals surface area contributed by atoms with Crippen LogP contribution in [-0.2, 0) is 6.42 Å². The van der Waals surface area contributed by atoms with Crippen molar-refractivity contribution in [1.82, 2.24) is 5.32 Å². The van der Waals surface area contributed by atoms with E-state index in [1.54, 1.807) is 21.3 Å². The maximum Gasteiger partial charge on any atom is 0.170 e. The second-order valence-electron chi connectivity index (χ2n) is 5.05. The van der Waals surface area contributed by atoms with Crippen molar-refractivity contribution in [3.8, 4) is 17.2 Å². The van der Waals surface area contributed by atoms with Gasteiger partial charge in [-0.25, -0.2) is 0 Å². The van der Waals surface area contributed by atoms with E-state index in [4.69, 9.17) is 26.4 Å². The molecule has 0 aliphatic rings. The van der Waals surface area contributed by atoms with Crippen molar-refractivity contribution in [3.63, 3.8) is 0 Å². The molecule has 0 heterocycles. The Morgan fingerprint density at radius 3 is 2.46 bits per heavy atom. The molecule has 0 aromatic heterocycles. The maximum absolute atomic E-state index is 5.31. The molecule has 0 spiro atoms. The molecule has 2 rings (SSSR count). The van der Waals surface area contributed by atoms with Crippen molar-refractivity contribution in [1.29, 1.82) is 0 Å². The SMILES string of the molecule is COc1cccc(NC(=S)NCCc2ccc(OC)c(OC)c2)c1. The molecule has 24 heavy (non-hydrogen) atoms. The first-order valence-electron chi connectivity index (χ1n) is 7.56. The van der Waals surface area contributed by atoms with Crippen LogP contribution < -0.4 is 24.8 Å². The Morgan fingerprint density at radius 1 is 0.958 bits per heavy atom. The molecule has 0 bridgehead atoms. The zero-order chi connectivity index (χ0) is 17.4. The Balaban J connectivity index is 1.84. The molecular weight excluding hydrogens is 324 g/mol. The van der Waals surface area contributed by atoms with E-state index in [0.717, 1.165) is 34.9 Å². The van der Waals surface area contributed by atoms with E-state index in [0.29, 0.717) is 11.7 Å². The summed E-state index contributed by atoms with van der Waals surface area (Å²) in [6.45, 7) is 0.714. The summed E-state index contributed by atoms with van der Waals surface area (Å²) >= 11 is 5.31. The first-order chi connectivity index (χ1) is 11.7. The van der Waals surface area contributed by atoms with Crippen LogP contribution in [-0.4, -0.2) is 33.0 Å². The molecule has 2 N–H and O–H groups in total. The molecule has 2 aromatic carbocycles. The minimum Gasteiger partial charge on any atom is -0.497 e. The van der Waals surface area contributed by atoms with Crippen LogP contribution in [0.5, 0.6) is 17.2 Å². The van der Waals surface area contributed by atoms with Gasteiger partial charge in [-0.05, 0) is 48.5 Å². The summed E-state index contributed by atoms with van der Waals surface area (Å²) in [4.78, 5) is 0. The normalized spacial score (nSPS) is 9.96. The van der Waals surface area contributed by atoms with Crippen molar-refractivity contribution >= 4 is 23.0 Å². The fourth-order valence-electron chi connectivity index (χ4n) is 2.23. The molecule has 0 radical (unpaired) electrons. The van der Waals surface area contributed by atoms with Crippen LogP contribution in [0.2, 0.25) is 0 Å². The highest BCUT2D eigenvalue weighted by Gasteiger charge is 2.05. The van der Waals surface area contributed by atoms with Crippen molar-refractivity contribution in [2.45, 2.75) is 6.42 Å². The van der Waals surface area contributed by atoms with Gasteiger partial charge in [-0.2, -0.15) is 0 Å². The minimum atomic E-state index is 0.573. The van der Waals surface area contributed by atoms with Gasteiger partial charge in [0.1, 0.15) is 5.75 Å². The van der Waals surface area contributed by atoms with Gasteiger partial charge in [0.25, 0.3) is 0 Å². The summed E-state index contributed by atoms with van der Waals surface area (Å²) in [6.07, 6.45) is 0.820. The Morgan fingerprint density at radius 2 is 1.75 bits per heavy atom. The summed E-state index contributed by atoms with van der Waals surface area (Å²) in [5, 5.41) is 6.90. The number of anilines is 1. The van der Waals surface area contributed by atoms with Crippen molar-refractivity contribution in [2.24, 2.45) is 0 Å². The predicted molar refractivity (Wildman–Crippen MR) is 100 cm³/mol. The van der Waals surface area contributed by atoms with Crippen LogP contribution in [0.3, 0.4) is 0 Å². The number of ether oxygens (including phenoxy) is 3. The van der Waals surface area contributed by atoms with Gasteiger partial charge in [0.05, 0.1) is 21.3 Å². The van der Waals surface area contributed by atoms with Crippen LogP contribution in [0.15, 0.2) is 42.5 Å². The highest BCUT2D eigenvalue weighted by molar-refractivity contribution is 7.80. The highest BCUT2D eigenvalue weighted by atomic mass is 32.1. The van der Waals surface area contributed by atoms with Gasteiger partial charge in [0.2, 0.25) is 0 Å². The average molecular weight is 346 g/mol. The minimum absolute atomic E-state index is 0.573. The standard InChI is InChI=1S/C18H22N2O3S/c1-21-15-6-4-5-14(12-15)20-18(24)19-10-9-13-7-8-16(22-2)17(11-13)23-3/h4-8,11-12H,9-10H2,1-3H3,(H2,19,20,24). The summed E-state index contributed by atoms with van der Waals surface area (Å²) in [7, 11) is 4.90. The molecule has 0 saturated carbocycles. The second kappa shape index (κ2) is 8.98. The molecule has 6 heteroatoms. The first kappa shape index (κ1) is 17.9. The quantitative estimate of drug-likeness (QED) is 0.751. The highest BCUT2D eigenvalue weighted by Crippen LogP contribution is 2.27. The third-order valence-electron chi connectivity index (χ3n) is 3.47. The van der Waals surface area contributed by atoms with E-state index in [1.807, 2.05) is 42.5 Å². The molecule has 0 unspecified atom stereocenters. The molecule has 0 aliphatic carbocycles. The van der Waals surface area contributed by atoms with Crippen LogP contribution in [0.4, 0.5) is 5.69 Å². The third kappa shape index (κ3) is 5.03. The molecule has 2 aromatic rings. The van der Waals surface area contributed by atoms with E-state index in [1.165, 1.54) is 0 Å². The van der Waals surface area contributed by atoms with Gasteiger partial charge in [0.15, 0.2) is 16.6 Å². The molecular formula is C18H22N2O3S. The van der Waals surface area contributed by atoms with E-state index in [-0.39, 0.29) is 0 Å². The molecule has 0 aliphatic heterocycles. The molecule has 5 nitrogen and oxygen atoms in total. The third-order valence-corrected chi connectivity index (χ3v) is 3.72. The maximum atomic E-state index is 5.31. The van der Waals surface area contributed by atoms with Gasteiger partial charge in [-0.3, -0.25) is 0 Å². The molecule has 0 amide bonds. The Labute approximate surface area is 147 Å². The zero-order valence-electron chi connectivity index (χ0n) is 14.1. The fourth-order valence-corrected chi connectivity index (χ4v) is 2.45. The van der Waals surface area contributed by atoms with Crippen LogP contribution in [0.1, 0.15) is 5.56 Å². The summed E-state index contributed by atoms with van der Waals surface area (Å²) < 4.78 is 15.7. The van der Waals surface area contributed by atoms with Gasteiger partial charge in [0, 0.05) is 18.3 Å². The van der Waals surface area contributed by atoms with E-state index < -0.39 is 0 Å². The van der Waals surface area contributed by atoms with Gasteiger partial charge >= 0.3 is 0 Å². The second-order valence-corrected chi connectivity index (χ2v) is 5.46. The zero-order valence-corrected chi connectivity index (χ0v) is 14.9. The van der Waals surface area contributed by atoms with Gasteiger partial charge in [-0.15, -0.1) is 0 Å². The van der Waals surface area contributed by atoms with Gasteiger partial charge < -0.3 is 24.8 Å². The first-order valence-corrected chi connectivity index (χ1v) is 7.97. The molecule has 0 saturated heterocycles. The smallest absolute Gasteiger partial charge is 0.170 e. The summed E-state index contributed by atoms with van der Waals surface area (Å²) in [6, 6.07) is 13.5. The molecule has 0 atom stereocenters. The monoisotopic (exact) mass is 346 g/mol. The summed E-state index contributed by atoms with van der Waals surface area (Å²) in [5.74, 6) is 2.24. The van der Waals surface area contributed by atoms with Crippen molar-refractivity contribution in [3.05, 3.63) is 48.0 Å². The molecule has 0 fully saturated rings. The Kier molecular flexibility index (Phi) is 6.69. The van der Waals surface area contributed by atoms with Crippen LogP contribution in [0, 0.1) is 0 Å². The number of methoxy groups -OCH3 is 3. The van der Waals surface area contributed by atoms with E-state index >= 15 is 0 Å². The Bertz CT molecular complexity index is 692. The number of rotatable bonds is 7. The van der Waals surface area contributed by atoms with Crippen LogP contribution >= 0.6 is 12.2 Å². The average Bonchev–Trinajstić information content (AvgIpc) is 2.61. The topological polar surface area (TPSA) is 51.8 Å². The van der Waals surface area contributed by atoms with Crippen LogP contribution in [0.25, 0.3) is 0 Å². The van der Waals surface area contributed by atoms with E-state index in [2.05, 4.69) is 10.6 Å². The number of thiocarbonyl (C=S) groups is 1. The lowest BCUT2D eigenvalue weighted by atomic mass is 10.1. The fraction of sp³-hybridized carbons (Fsp3) is 0.278. The molecule has 128 valence electrons. The Hall–Kier alpha value is -2.47. The predicted octanol–water partition coefficient (Wildman–Crippen LogP) is 3.24. The lowest BCUT2D eigenvalue weighted by Gasteiger charge is -2.12. The number of nitrogens with one attached hydrogen (secondary N) is 2.